The summed E-state index contributed by atoms with van der Waals surface area (Å²) in [4.78, 5) is 9.13. The van der Waals surface area contributed by atoms with E-state index in [1.807, 2.05) is 4.90 Å². The van der Waals surface area contributed by atoms with Crippen molar-refractivity contribution in [3.63, 3.8) is 0 Å². The molecule has 0 amide bonds. The summed E-state index contributed by atoms with van der Waals surface area (Å²) in [6, 6.07) is 1.31. The van der Waals surface area contributed by atoms with Gasteiger partial charge in [0.05, 0.1) is 0 Å². The average Bonchev–Trinajstić information content (AvgIpc) is 2.88. The monoisotopic (exact) mass is 258 g/mol. The number of fused-ring (bicyclic) bond motifs is 2. The summed E-state index contributed by atoms with van der Waals surface area (Å²) in [5.41, 5.74) is 4.41. The molecule has 2 unspecified atom stereocenters. The van der Waals surface area contributed by atoms with Gasteiger partial charge in [0.1, 0.15) is 5.82 Å². The van der Waals surface area contributed by atoms with Crippen molar-refractivity contribution in [1.29, 1.82) is 0 Å². The van der Waals surface area contributed by atoms with Gasteiger partial charge in [0, 0.05) is 18.7 Å². The van der Waals surface area contributed by atoms with Gasteiger partial charge in [0.25, 0.3) is 0 Å². The molecule has 4 nitrogen and oxygen atoms in total. The quantitative estimate of drug-likeness (QED) is 0.837. The molecule has 2 aliphatic rings. The summed E-state index contributed by atoms with van der Waals surface area (Å²) in [6.45, 7) is 0.776. The lowest BCUT2D eigenvalue weighted by atomic mass is 10.1. The second kappa shape index (κ2) is 3.73. The zero-order valence-corrected chi connectivity index (χ0v) is 9.61. The molecular weight excluding hydrogens is 245 g/mol. The van der Waals surface area contributed by atoms with Crippen LogP contribution in [0.25, 0.3) is 0 Å². The van der Waals surface area contributed by atoms with Crippen LogP contribution in [-0.4, -0.2) is 22.6 Å². The highest BCUT2D eigenvalue weighted by Crippen LogP contribution is 2.40. The number of piperidine rings is 1. The molecule has 1 aromatic rings. The largest absolute Gasteiger partial charge is 0.433 e. The summed E-state index contributed by atoms with van der Waals surface area (Å²) in [5.74, 6) is 0.574. The minimum atomic E-state index is -4.48. The molecule has 1 aliphatic heterocycles. The first kappa shape index (κ1) is 11.6. The molecule has 2 fully saturated rings. The van der Waals surface area contributed by atoms with E-state index in [1.54, 1.807) is 0 Å². The second-order valence-electron chi connectivity index (χ2n) is 4.95. The number of rotatable bonds is 1. The zero-order valence-electron chi connectivity index (χ0n) is 9.61. The third-order valence-electron chi connectivity index (χ3n) is 3.72. The van der Waals surface area contributed by atoms with E-state index in [-0.39, 0.29) is 5.95 Å². The Labute approximate surface area is 102 Å². The van der Waals surface area contributed by atoms with E-state index in [9.17, 15) is 13.2 Å². The van der Waals surface area contributed by atoms with E-state index in [0.717, 1.165) is 31.9 Å². The fraction of sp³-hybridized carbons (Fsp3) is 0.636. The molecule has 0 aromatic carbocycles. The van der Waals surface area contributed by atoms with E-state index in [2.05, 4.69) is 9.97 Å². The molecule has 2 atom stereocenters. The van der Waals surface area contributed by atoms with E-state index in [0.29, 0.717) is 17.8 Å². The molecule has 1 saturated carbocycles. The van der Waals surface area contributed by atoms with Gasteiger partial charge < -0.3 is 10.6 Å². The van der Waals surface area contributed by atoms with Crippen molar-refractivity contribution in [2.45, 2.75) is 31.5 Å². The van der Waals surface area contributed by atoms with Crippen LogP contribution < -0.4 is 10.6 Å². The van der Waals surface area contributed by atoms with Crippen molar-refractivity contribution in [2.75, 3.05) is 17.2 Å². The predicted molar refractivity (Wildman–Crippen MR) is 59.9 cm³/mol. The topological polar surface area (TPSA) is 55.0 Å². The van der Waals surface area contributed by atoms with Gasteiger partial charge in [-0.2, -0.15) is 18.2 Å². The van der Waals surface area contributed by atoms with Crippen LogP contribution in [0.3, 0.4) is 0 Å². The Balaban J connectivity index is 1.95. The standard InChI is InChI=1S/C11H13F3N4/c12-11(13,14)8-4-9(17-10(15)16-8)18-5-6-1-2-7(18)3-6/h4,6-7H,1-3,5H2,(H2,15,16,17). The van der Waals surface area contributed by atoms with Crippen LogP contribution in [0, 0.1) is 5.92 Å². The summed E-state index contributed by atoms with van der Waals surface area (Å²) >= 11 is 0. The Morgan fingerprint density at radius 3 is 2.61 bits per heavy atom. The molecule has 1 saturated heterocycles. The van der Waals surface area contributed by atoms with Gasteiger partial charge in [0.2, 0.25) is 5.95 Å². The van der Waals surface area contributed by atoms with Crippen LogP contribution in [0.2, 0.25) is 0 Å². The smallest absolute Gasteiger partial charge is 0.368 e. The van der Waals surface area contributed by atoms with Crippen molar-refractivity contribution >= 4 is 11.8 Å². The first-order valence-electron chi connectivity index (χ1n) is 5.92. The van der Waals surface area contributed by atoms with Gasteiger partial charge in [-0.05, 0) is 25.2 Å². The molecular formula is C11H13F3N4. The van der Waals surface area contributed by atoms with Crippen molar-refractivity contribution in [3.8, 4) is 0 Å². The van der Waals surface area contributed by atoms with Crippen molar-refractivity contribution in [2.24, 2.45) is 5.92 Å². The van der Waals surface area contributed by atoms with Gasteiger partial charge in [0.15, 0.2) is 5.69 Å². The maximum Gasteiger partial charge on any atom is 0.433 e. The van der Waals surface area contributed by atoms with Crippen molar-refractivity contribution in [1.82, 2.24) is 9.97 Å². The highest BCUT2D eigenvalue weighted by Gasteiger charge is 2.40. The van der Waals surface area contributed by atoms with Crippen LogP contribution >= 0.6 is 0 Å². The molecule has 0 radical (unpaired) electrons. The number of hydrogen-bond donors (Lipinski definition) is 1. The molecule has 2 N–H and O–H groups in total. The minimum absolute atomic E-state index is 0.307. The summed E-state index contributed by atoms with van der Waals surface area (Å²) in [6.07, 6.45) is -1.25. The maximum absolute atomic E-state index is 12.7. The van der Waals surface area contributed by atoms with Crippen LogP contribution in [0.4, 0.5) is 24.9 Å². The lowest BCUT2D eigenvalue weighted by molar-refractivity contribution is -0.141. The molecule has 7 heteroatoms. The normalized spacial score (nSPS) is 26.9. The fourth-order valence-corrected chi connectivity index (χ4v) is 2.95. The van der Waals surface area contributed by atoms with E-state index >= 15 is 0 Å². The third kappa shape index (κ3) is 1.87. The Bertz CT molecular complexity index is 474. The first-order chi connectivity index (χ1) is 8.43. The van der Waals surface area contributed by atoms with Crippen LogP contribution in [0.15, 0.2) is 6.07 Å². The maximum atomic E-state index is 12.7. The molecule has 1 aromatic heterocycles. The van der Waals surface area contributed by atoms with Gasteiger partial charge in [-0.25, -0.2) is 4.98 Å². The number of anilines is 2. The second-order valence-corrected chi connectivity index (χ2v) is 4.95. The highest BCUT2D eigenvalue weighted by atomic mass is 19.4. The van der Waals surface area contributed by atoms with Gasteiger partial charge in [-0.1, -0.05) is 0 Å². The number of nitrogen functional groups attached to an aromatic ring is 1. The zero-order chi connectivity index (χ0) is 12.9. The number of nitrogens with zero attached hydrogens (tertiary/aromatic N) is 3. The number of alkyl halides is 3. The molecule has 0 spiro atoms. The van der Waals surface area contributed by atoms with Gasteiger partial charge >= 0.3 is 6.18 Å². The number of hydrogen-bond acceptors (Lipinski definition) is 4. The molecule has 18 heavy (non-hydrogen) atoms. The molecule has 1 aliphatic carbocycles. The molecule has 2 heterocycles. The lowest BCUT2D eigenvalue weighted by Gasteiger charge is -2.28. The predicted octanol–water partition coefficient (Wildman–Crippen LogP) is 2.07. The summed E-state index contributed by atoms with van der Waals surface area (Å²) in [7, 11) is 0. The molecule has 3 rings (SSSR count). The SMILES string of the molecule is Nc1nc(N2CC3CCC2C3)cc(C(F)(F)F)n1. The Morgan fingerprint density at radius 1 is 1.28 bits per heavy atom. The third-order valence-corrected chi connectivity index (χ3v) is 3.72. The van der Waals surface area contributed by atoms with Crippen LogP contribution in [0.5, 0.6) is 0 Å². The van der Waals surface area contributed by atoms with Crippen molar-refractivity contribution in [3.05, 3.63) is 11.8 Å². The fourth-order valence-electron chi connectivity index (χ4n) is 2.95. The van der Waals surface area contributed by atoms with E-state index in [1.165, 1.54) is 0 Å². The Hall–Kier alpha value is -1.53. The number of halogens is 3. The Kier molecular flexibility index (Phi) is 2.39. The Morgan fingerprint density at radius 2 is 2.06 bits per heavy atom. The number of nitrogens with two attached hydrogens (primary N) is 1. The first-order valence-corrected chi connectivity index (χ1v) is 5.92. The number of aromatic nitrogens is 2. The van der Waals surface area contributed by atoms with Crippen LogP contribution in [0.1, 0.15) is 25.0 Å². The lowest BCUT2D eigenvalue weighted by Crippen LogP contribution is -2.33. The molecule has 2 bridgehead atoms. The van der Waals surface area contributed by atoms with Crippen LogP contribution in [-0.2, 0) is 6.18 Å². The van der Waals surface area contributed by atoms with Gasteiger partial charge in [-0.3, -0.25) is 0 Å². The van der Waals surface area contributed by atoms with E-state index < -0.39 is 11.9 Å². The molecule has 98 valence electrons. The summed E-state index contributed by atoms with van der Waals surface area (Å²) < 4.78 is 38.0. The average molecular weight is 258 g/mol. The summed E-state index contributed by atoms with van der Waals surface area (Å²) in [5, 5.41) is 0. The van der Waals surface area contributed by atoms with Gasteiger partial charge in [-0.15, -0.1) is 0 Å². The minimum Gasteiger partial charge on any atom is -0.368 e. The van der Waals surface area contributed by atoms with Crippen molar-refractivity contribution < 1.29 is 13.2 Å². The highest BCUT2D eigenvalue weighted by molar-refractivity contribution is 5.47. The van der Waals surface area contributed by atoms with E-state index in [4.69, 9.17) is 5.73 Å².